The number of hydrogen-bond acceptors (Lipinski definition) is 6. The molecule has 1 atom stereocenters. The molecule has 9 heteroatoms. The lowest BCUT2D eigenvalue weighted by atomic mass is 10.0. The molecular formula is C11H19N3O4S2. The minimum Gasteiger partial charge on any atom is -0.374 e. The van der Waals surface area contributed by atoms with E-state index in [2.05, 4.69) is 10.0 Å². The maximum atomic E-state index is 12.3. The predicted octanol–water partition coefficient (Wildman–Crippen LogP) is 2.41. The van der Waals surface area contributed by atoms with E-state index in [1.54, 1.807) is 0 Å². The molecule has 1 aromatic rings. The normalized spacial score (nSPS) is 13.4. The Balaban J connectivity index is 3.13. The highest BCUT2D eigenvalue weighted by molar-refractivity contribution is 7.91. The van der Waals surface area contributed by atoms with Gasteiger partial charge < -0.3 is 5.32 Å². The van der Waals surface area contributed by atoms with E-state index in [4.69, 9.17) is 0 Å². The van der Waals surface area contributed by atoms with Crippen LogP contribution in [-0.4, -0.2) is 26.4 Å². The van der Waals surface area contributed by atoms with Crippen LogP contribution in [0.15, 0.2) is 10.3 Å². The molecule has 0 saturated heterocycles. The average Bonchev–Trinajstić information content (AvgIpc) is 2.80. The van der Waals surface area contributed by atoms with Gasteiger partial charge in [-0.2, -0.15) is 0 Å². The quantitative estimate of drug-likeness (QED) is 0.593. The predicted molar refractivity (Wildman–Crippen MR) is 79.8 cm³/mol. The third kappa shape index (κ3) is 3.68. The van der Waals surface area contributed by atoms with Crippen molar-refractivity contribution in [3.63, 3.8) is 0 Å². The molecule has 0 aliphatic heterocycles. The molecule has 114 valence electrons. The van der Waals surface area contributed by atoms with Crippen LogP contribution < -0.4 is 10.0 Å². The summed E-state index contributed by atoms with van der Waals surface area (Å²) in [7, 11) is -2.22. The summed E-state index contributed by atoms with van der Waals surface area (Å²) in [6.45, 7) is 5.74. The van der Waals surface area contributed by atoms with Gasteiger partial charge in [0.15, 0.2) is 5.00 Å². The highest BCUT2D eigenvalue weighted by Gasteiger charge is 2.28. The van der Waals surface area contributed by atoms with Crippen molar-refractivity contribution >= 4 is 32.0 Å². The van der Waals surface area contributed by atoms with Gasteiger partial charge in [0.1, 0.15) is 4.21 Å². The van der Waals surface area contributed by atoms with E-state index in [9.17, 15) is 18.5 Å². The Kier molecular flexibility index (Phi) is 5.49. The fourth-order valence-electron chi connectivity index (χ4n) is 1.75. The molecule has 1 aromatic heterocycles. The van der Waals surface area contributed by atoms with E-state index in [0.717, 1.165) is 17.4 Å². The zero-order valence-corrected chi connectivity index (χ0v) is 13.5. The Labute approximate surface area is 122 Å². The highest BCUT2D eigenvalue weighted by atomic mass is 32.2. The number of rotatable bonds is 7. The van der Waals surface area contributed by atoms with E-state index >= 15 is 0 Å². The lowest BCUT2D eigenvalue weighted by Crippen LogP contribution is -2.37. The largest absolute Gasteiger partial charge is 0.374 e. The first-order chi connectivity index (χ1) is 9.22. The molecule has 0 amide bonds. The molecular weight excluding hydrogens is 302 g/mol. The zero-order chi connectivity index (χ0) is 15.5. The van der Waals surface area contributed by atoms with Crippen molar-refractivity contribution in [2.45, 2.75) is 37.4 Å². The van der Waals surface area contributed by atoms with Gasteiger partial charge in [-0.1, -0.05) is 32.1 Å². The molecule has 20 heavy (non-hydrogen) atoms. The van der Waals surface area contributed by atoms with Crippen LogP contribution in [0.3, 0.4) is 0 Å². The zero-order valence-electron chi connectivity index (χ0n) is 11.8. The molecule has 0 fully saturated rings. The fraction of sp³-hybridized carbons (Fsp3) is 0.636. The van der Waals surface area contributed by atoms with E-state index in [1.807, 2.05) is 20.8 Å². The molecule has 0 aliphatic carbocycles. The Morgan fingerprint density at radius 2 is 2.05 bits per heavy atom. The Morgan fingerprint density at radius 1 is 1.45 bits per heavy atom. The molecule has 0 aliphatic rings. The second-order valence-electron chi connectivity index (χ2n) is 4.67. The van der Waals surface area contributed by atoms with Crippen LogP contribution >= 0.6 is 11.3 Å². The van der Waals surface area contributed by atoms with Crippen molar-refractivity contribution in [3.05, 3.63) is 16.2 Å². The van der Waals surface area contributed by atoms with Crippen LogP contribution in [0.25, 0.3) is 0 Å². The standard InChI is InChI=1S/C11H19N3O4S2/c1-5-8(7(2)3)13-20(17,18)10-6-9(14(15)16)11(12-4)19-10/h6-8,12-13H,5H2,1-4H3. The van der Waals surface area contributed by atoms with Gasteiger partial charge >= 0.3 is 5.69 Å². The Bertz CT molecular complexity index is 580. The summed E-state index contributed by atoms with van der Waals surface area (Å²) < 4.78 is 27.1. The lowest BCUT2D eigenvalue weighted by Gasteiger charge is -2.19. The van der Waals surface area contributed by atoms with E-state index in [-0.39, 0.29) is 26.9 Å². The summed E-state index contributed by atoms with van der Waals surface area (Å²) in [5, 5.41) is 13.7. The van der Waals surface area contributed by atoms with E-state index in [1.165, 1.54) is 7.05 Å². The van der Waals surface area contributed by atoms with Crippen LogP contribution in [0.2, 0.25) is 0 Å². The molecule has 0 aromatic carbocycles. The SMILES string of the molecule is CCC(NS(=O)(=O)c1cc([N+](=O)[O-])c(NC)s1)C(C)C. The number of hydrogen-bond donors (Lipinski definition) is 2. The minimum atomic E-state index is -3.74. The van der Waals surface area contributed by atoms with Crippen LogP contribution in [0.1, 0.15) is 27.2 Å². The number of thiophene rings is 1. The summed E-state index contributed by atoms with van der Waals surface area (Å²) in [5.41, 5.74) is -0.226. The van der Waals surface area contributed by atoms with E-state index in [0.29, 0.717) is 6.42 Å². The van der Waals surface area contributed by atoms with E-state index < -0.39 is 14.9 Å². The van der Waals surface area contributed by atoms with Crippen molar-refractivity contribution < 1.29 is 13.3 Å². The summed E-state index contributed by atoms with van der Waals surface area (Å²) >= 11 is 0.856. The van der Waals surface area contributed by atoms with Gasteiger partial charge in [-0.25, -0.2) is 13.1 Å². The molecule has 2 N–H and O–H groups in total. The number of nitrogens with one attached hydrogen (secondary N) is 2. The van der Waals surface area contributed by atoms with Gasteiger partial charge in [-0.05, 0) is 12.3 Å². The fourth-order valence-corrected chi connectivity index (χ4v) is 4.52. The third-order valence-electron chi connectivity index (χ3n) is 2.93. The van der Waals surface area contributed by atoms with Gasteiger partial charge in [0.2, 0.25) is 0 Å². The summed E-state index contributed by atoms with van der Waals surface area (Å²) in [4.78, 5) is 10.3. The van der Waals surface area contributed by atoms with Gasteiger partial charge in [0.05, 0.1) is 4.92 Å². The monoisotopic (exact) mass is 321 g/mol. The molecule has 0 spiro atoms. The molecule has 0 bridgehead atoms. The number of anilines is 1. The van der Waals surface area contributed by atoms with Gasteiger partial charge in [0, 0.05) is 19.2 Å². The molecule has 0 saturated carbocycles. The lowest BCUT2D eigenvalue weighted by molar-refractivity contribution is -0.383. The maximum absolute atomic E-state index is 12.3. The number of nitro groups is 1. The van der Waals surface area contributed by atoms with Crippen molar-refractivity contribution in [2.24, 2.45) is 5.92 Å². The number of sulfonamides is 1. The van der Waals surface area contributed by atoms with Crippen LogP contribution in [0, 0.1) is 16.0 Å². The summed E-state index contributed by atoms with van der Waals surface area (Å²) in [6, 6.07) is 0.894. The first-order valence-electron chi connectivity index (χ1n) is 6.21. The van der Waals surface area contributed by atoms with Crippen molar-refractivity contribution in [2.75, 3.05) is 12.4 Å². The van der Waals surface area contributed by atoms with Crippen LogP contribution in [0.5, 0.6) is 0 Å². The van der Waals surface area contributed by atoms with Gasteiger partial charge in [-0.15, -0.1) is 0 Å². The summed E-state index contributed by atoms with van der Waals surface area (Å²) in [6.07, 6.45) is 0.656. The Hall–Kier alpha value is -1.19. The second kappa shape index (κ2) is 6.51. The topological polar surface area (TPSA) is 101 Å². The van der Waals surface area contributed by atoms with Gasteiger partial charge in [0.25, 0.3) is 10.0 Å². The molecule has 1 unspecified atom stereocenters. The molecule has 1 rings (SSSR count). The first-order valence-corrected chi connectivity index (χ1v) is 8.51. The molecule has 7 nitrogen and oxygen atoms in total. The highest BCUT2D eigenvalue weighted by Crippen LogP contribution is 2.36. The molecule has 1 heterocycles. The minimum absolute atomic E-state index is 0.0485. The van der Waals surface area contributed by atoms with Crippen molar-refractivity contribution in [1.29, 1.82) is 0 Å². The average molecular weight is 321 g/mol. The smallest absolute Gasteiger partial charge is 0.304 e. The van der Waals surface area contributed by atoms with Crippen molar-refractivity contribution in [1.82, 2.24) is 4.72 Å². The van der Waals surface area contributed by atoms with Gasteiger partial charge in [-0.3, -0.25) is 10.1 Å². The Morgan fingerprint density at radius 3 is 2.40 bits per heavy atom. The van der Waals surface area contributed by atoms with Crippen LogP contribution in [-0.2, 0) is 10.0 Å². The number of nitrogens with zero attached hydrogens (tertiary/aromatic N) is 1. The van der Waals surface area contributed by atoms with Crippen LogP contribution in [0.4, 0.5) is 10.7 Å². The maximum Gasteiger partial charge on any atom is 0.304 e. The van der Waals surface area contributed by atoms with Crippen molar-refractivity contribution in [3.8, 4) is 0 Å². The summed E-state index contributed by atoms with van der Waals surface area (Å²) in [5.74, 6) is 0.147. The third-order valence-corrected chi connectivity index (χ3v) is 6.03. The molecule has 0 radical (unpaired) electrons. The second-order valence-corrected chi connectivity index (χ2v) is 7.66. The first kappa shape index (κ1) is 16.9.